The number of allylic oxidation sites excluding steroid dienone is 1. The summed E-state index contributed by atoms with van der Waals surface area (Å²) in [6, 6.07) is 10.3. The van der Waals surface area contributed by atoms with Crippen molar-refractivity contribution in [2.45, 2.75) is 57.8 Å². The van der Waals surface area contributed by atoms with Gasteiger partial charge in [0.25, 0.3) is 0 Å². The van der Waals surface area contributed by atoms with Crippen LogP contribution in [0.15, 0.2) is 54.0 Å². The van der Waals surface area contributed by atoms with Crippen LogP contribution in [0, 0.1) is 0 Å². The molecule has 0 saturated heterocycles. The van der Waals surface area contributed by atoms with Crippen molar-refractivity contribution in [2.75, 3.05) is 12.4 Å². The topological polar surface area (TPSA) is 87.5 Å². The molecule has 0 spiro atoms. The van der Waals surface area contributed by atoms with Gasteiger partial charge in [-0.25, -0.2) is 9.48 Å². The molecule has 1 unspecified atom stereocenters. The van der Waals surface area contributed by atoms with Crippen molar-refractivity contribution < 1.29 is 19.0 Å². The van der Waals surface area contributed by atoms with Crippen molar-refractivity contribution in [3.8, 4) is 11.5 Å². The third-order valence-electron chi connectivity index (χ3n) is 6.78. The van der Waals surface area contributed by atoms with Crippen LogP contribution in [0.25, 0.3) is 0 Å². The van der Waals surface area contributed by atoms with Gasteiger partial charge in [-0.1, -0.05) is 41.8 Å². The van der Waals surface area contributed by atoms with E-state index in [2.05, 4.69) is 15.4 Å². The lowest BCUT2D eigenvalue weighted by Gasteiger charge is -2.30. The molecule has 10 heteroatoms. The second-order valence-electron chi connectivity index (χ2n) is 9.16. The van der Waals surface area contributed by atoms with E-state index in [9.17, 15) is 4.79 Å². The van der Waals surface area contributed by atoms with Crippen LogP contribution in [0.1, 0.15) is 56.2 Å². The molecule has 1 saturated carbocycles. The van der Waals surface area contributed by atoms with E-state index in [1.54, 1.807) is 36.1 Å². The SMILES string of the molecule is COc1cc(C2C(C(=O)OC3CCCCC3)=C(C)Nc3ncnn32)ccc1OCc1c(Cl)cccc1Cl. The van der Waals surface area contributed by atoms with Crippen LogP contribution < -0.4 is 14.8 Å². The Morgan fingerprint density at radius 3 is 2.59 bits per heavy atom. The van der Waals surface area contributed by atoms with Gasteiger partial charge in [0.15, 0.2) is 11.5 Å². The monoisotopic (exact) mass is 542 g/mol. The minimum absolute atomic E-state index is 0.0682. The first-order valence-corrected chi connectivity index (χ1v) is 13.0. The van der Waals surface area contributed by atoms with Crippen LogP contribution in [0.5, 0.6) is 11.5 Å². The fourth-order valence-electron chi connectivity index (χ4n) is 4.85. The van der Waals surface area contributed by atoms with Crippen LogP contribution >= 0.6 is 23.2 Å². The molecule has 0 radical (unpaired) electrons. The molecule has 1 N–H and O–H groups in total. The summed E-state index contributed by atoms with van der Waals surface area (Å²) in [5, 5.41) is 8.64. The summed E-state index contributed by atoms with van der Waals surface area (Å²) in [6.45, 7) is 2.03. The van der Waals surface area contributed by atoms with E-state index < -0.39 is 6.04 Å². The zero-order chi connectivity index (χ0) is 25.9. The van der Waals surface area contributed by atoms with Gasteiger partial charge in [-0.3, -0.25) is 0 Å². The largest absolute Gasteiger partial charge is 0.493 e. The highest BCUT2D eigenvalue weighted by molar-refractivity contribution is 6.35. The highest BCUT2D eigenvalue weighted by atomic mass is 35.5. The number of methoxy groups -OCH3 is 1. The number of nitrogens with zero attached hydrogens (tertiary/aromatic N) is 3. The fourth-order valence-corrected chi connectivity index (χ4v) is 5.36. The first-order chi connectivity index (χ1) is 18.0. The summed E-state index contributed by atoms with van der Waals surface area (Å²) in [7, 11) is 1.57. The molecule has 8 nitrogen and oxygen atoms in total. The molecule has 0 amide bonds. The summed E-state index contributed by atoms with van der Waals surface area (Å²) < 4.78 is 19.3. The van der Waals surface area contributed by atoms with Crippen LogP contribution in [-0.4, -0.2) is 33.9 Å². The predicted molar refractivity (Wildman–Crippen MR) is 141 cm³/mol. The number of carbonyl (C=O) groups excluding carboxylic acids is 1. The Hall–Kier alpha value is -3.23. The van der Waals surface area contributed by atoms with E-state index in [0.29, 0.717) is 44.3 Å². The molecule has 0 bridgehead atoms. The van der Waals surface area contributed by atoms with Gasteiger partial charge in [0, 0.05) is 21.3 Å². The number of benzene rings is 2. The smallest absolute Gasteiger partial charge is 0.338 e. The first-order valence-electron chi connectivity index (χ1n) is 12.3. The molecule has 1 aliphatic heterocycles. The van der Waals surface area contributed by atoms with E-state index in [-0.39, 0.29) is 18.7 Å². The number of anilines is 1. The Balaban J connectivity index is 1.45. The van der Waals surface area contributed by atoms with Crippen molar-refractivity contribution in [1.82, 2.24) is 14.8 Å². The zero-order valence-corrected chi connectivity index (χ0v) is 22.2. The predicted octanol–water partition coefficient (Wildman–Crippen LogP) is 6.34. The van der Waals surface area contributed by atoms with E-state index in [1.807, 2.05) is 19.1 Å². The minimum atomic E-state index is -0.546. The molecule has 1 aromatic heterocycles. The van der Waals surface area contributed by atoms with E-state index in [4.69, 9.17) is 37.4 Å². The fraction of sp³-hybridized carbons (Fsp3) is 0.370. The Labute approximate surface area is 225 Å². The molecule has 3 aromatic rings. The Morgan fingerprint density at radius 2 is 1.86 bits per heavy atom. The number of esters is 1. The number of hydrogen-bond acceptors (Lipinski definition) is 7. The average Bonchev–Trinajstić information content (AvgIpc) is 3.36. The standard InChI is InChI=1S/C27H28Cl2N4O4/c1-16-24(26(34)37-18-7-4-3-5-8-18)25(33-27(32-16)30-15-31-33)17-11-12-22(23(13-17)35-2)36-14-19-20(28)9-6-10-21(19)29/h6,9-13,15,18,25H,3-5,7-8,14H2,1-2H3,(H,30,31,32). The molecule has 2 aromatic carbocycles. The van der Waals surface area contributed by atoms with Gasteiger partial charge in [-0.15, -0.1) is 0 Å². The third kappa shape index (κ3) is 5.26. The summed E-state index contributed by atoms with van der Waals surface area (Å²) in [4.78, 5) is 17.8. The molecule has 1 atom stereocenters. The van der Waals surface area contributed by atoms with Crippen LogP contribution in [0.2, 0.25) is 10.0 Å². The maximum Gasteiger partial charge on any atom is 0.338 e. The van der Waals surface area contributed by atoms with Crippen molar-refractivity contribution in [3.63, 3.8) is 0 Å². The first kappa shape index (κ1) is 25.4. The lowest BCUT2D eigenvalue weighted by Crippen LogP contribution is -2.32. The van der Waals surface area contributed by atoms with Crippen LogP contribution in [0.4, 0.5) is 5.95 Å². The number of carbonyl (C=O) groups is 1. The van der Waals surface area contributed by atoms with Crippen molar-refractivity contribution >= 4 is 35.1 Å². The van der Waals surface area contributed by atoms with E-state index >= 15 is 0 Å². The summed E-state index contributed by atoms with van der Waals surface area (Å²) >= 11 is 12.6. The average molecular weight is 543 g/mol. The number of nitrogens with one attached hydrogen (secondary N) is 1. The maximum atomic E-state index is 13.5. The summed E-state index contributed by atoms with van der Waals surface area (Å²) in [6.07, 6.45) is 6.49. The van der Waals surface area contributed by atoms with Gasteiger partial charge in [0.1, 0.15) is 25.1 Å². The van der Waals surface area contributed by atoms with E-state index in [1.165, 1.54) is 12.7 Å². The normalized spacial score (nSPS) is 17.7. The lowest BCUT2D eigenvalue weighted by molar-refractivity contribution is -0.146. The number of halogens is 2. The third-order valence-corrected chi connectivity index (χ3v) is 7.49. The quantitative estimate of drug-likeness (QED) is 0.348. The van der Waals surface area contributed by atoms with Gasteiger partial charge in [0.05, 0.1) is 12.7 Å². The molecular weight excluding hydrogens is 515 g/mol. The zero-order valence-electron chi connectivity index (χ0n) is 20.7. The molecule has 5 rings (SSSR count). The lowest BCUT2D eigenvalue weighted by atomic mass is 9.94. The maximum absolute atomic E-state index is 13.5. The van der Waals surface area contributed by atoms with Crippen molar-refractivity contribution in [1.29, 1.82) is 0 Å². The molecule has 194 valence electrons. The van der Waals surface area contributed by atoms with Gasteiger partial charge in [0.2, 0.25) is 5.95 Å². The summed E-state index contributed by atoms with van der Waals surface area (Å²) in [5.41, 5.74) is 2.64. The number of ether oxygens (including phenoxy) is 3. The van der Waals surface area contributed by atoms with Crippen LogP contribution in [-0.2, 0) is 16.1 Å². The number of aromatic nitrogens is 3. The van der Waals surface area contributed by atoms with Crippen molar-refractivity contribution in [2.24, 2.45) is 0 Å². The van der Waals surface area contributed by atoms with Crippen LogP contribution in [0.3, 0.4) is 0 Å². The Morgan fingerprint density at radius 1 is 1.11 bits per heavy atom. The Kier molecular flexibility index (Phi) is 7.58. The molecule has 2 heterocycles. The van der Waals surface area contributed by atoms with E-state index in [0.717, 1.165) is 31.2 Å². The second-order valence-corrected chi connectivity index (χ2v) is 9.97. The molecular formula is C27H28Cl2N4O4. The highest BCUT2D eigenvalue weighted by Crippen LogP contribution is 2.40. The number of fused-ring (bicyclic) bond motifs is 1. The van der Waals surface area contributed by atoms with Gasteiger partial charge in [-0.2, -0.15) is 10.1 Å². The summed E-state index contributed by atoms with van der Waals surface area (Å²) in [5.74, 6) is 1.21. The number of hydrogen-bond donors (Lipinski definition) is 1. The number of rotatable bonds is 7. The highest BCUT2D eigenvalue weighted by Gasteiger charge is 2.36. The van der Waals surface area contributed by atoms with Crippen molar-refractivity contribution in [3.05, 3.63) is 75.2 Å². The van der Waals surface area contributed by atoms with Gasteiger partial charge in [-0.05, 0) is 62.4 Å². The molecule has 37 heavy (non-hydrogen) atoms. The van der Waals surface area contributed by atoms with Gasteiger partial charge < -0.3 is 19.5 Å². The van der Waals surface area contributed by atoms with Gasteiger partial charge >= 0.3 is 5.97 Å². The molecule has 1 fully saturated rings. The molecule has 1 aliphatic carbocycles. The second kappa shape index (κ2) is 11.0. The molecule has 2 aliphatic rings. The Bertz CT molecular complexity index is 1310. The minimum Gasteiger partial charge on any atom is -0.493 e.